The minimum absolute atomic E-state index is 0. The fourth-order valence-electron chi connectivity index (χ4n) is 0.755. The molecule has 0 aliphatic heterocycles. The van der Waals surface area contributed by atoms with Gasteiger partial charge in [-0.15, -0.1) is 17.5 Å². The predicted molar refractivity (Wildman–Crippen MR) is 64.8 cm³/mol. The highest BCUT2D eigenvalue weighted by molar-refractivity contribution is 9.10. The quantitative estimate of drug-likeness (QED) is 0.494. The molecule has 0 saturated carbocycles. The lowest BCUT2D eigenvalue weighted by Gasteiger charge is -1.94. The van der Waals surface area contributed by atoms with E-state index in [1.807, 2.05) is 0 Å². The lowest BCUT2D eigenvalue weighted by molar-refractivity contribution is 0.621. The normalized spacial score (nSPS) is 9.73. The number of nitrogens with zero attached hydrogens (tertiary/aromatic N) is 2. The summed E-state index contributed by atoms with van der Waals surface area (Å²) in [6, 6.07) is 4.45. The van der Waals surface area contributed by atoms with E-state index in [4.69, 9.17) is 11.5 Å². The van der Waals surface area contributed by atoms with Crippen LogP contribution in [0, 0.1) is 5.82 Å². The highest BCUT2D eigenvalue weighted by Gasteiger charge is 1.97. The van der Waals surface area contributed by atoms with Crippen molar-refractivity contribution in [1.29, 1.82) is 0 Å². The number of hydrogen-bond acceptors (Lipinski definition) is 2. The third-order valence-electron chi connectivity index (χ3n) is 1.32. The van der Waals surface area contributed by atoms with Gasteiger partial charge in [0, 0.05) is 0 Å². The van der Waals surface area contributed by atoms with Gasteiger partial charge in [0.1, 0.15) is 5.82 Å². The third-order valence-corrected chi connectivity index (χ3v) is 1.93. The van der Waals surface area contributed by atoms with E-state index >= 15 is 0 Å². The summed E-state index contributed by atoms with van der Waals surface area (Å²) in [6.07, 6.45) is 1.42. The molecule has 1 aromatic carbocycles. The summed E-state index contributed by atoms with van der Waals surface area (Å²) in [5.41, 5.74) is 10.8. The van der Waals surface area contributed by atoms with Crippen molar-refractivity contribution in [2.24, 2.45) is 21.7 Å². The van der Waals surface area contributed by atoms with Crippen LogP contribution in [0.25, 0.3) is 0 Å². The fourth-order valence-corrected chi connectivity index (χ4v) is 1.15. The molecule has 0 aromatic heterocycles. The molecule has 0 aliphatic carbocycles. The summed E-state index contributed by atoms with van der Waals surface area (Å²) >= 11 is 3.05. The van der Waals surface area contributed by atoms with Gasteiger partial charge in [-0.3, -0.25) is 0 Å². The van der Waals surface area contributed by atoms with E-state index in [1.165, 1.54) is 12.3 Å². The molecule has 0 fully saturated rings. The van der Waals surface area contributed by atoms with Crippen molar-refractivity contribution in [2.75, 3.05) is 0 Å². The maximum atomic E-state index is 12.8. The van der Waals surface area contributed by atoms with Crippen molar-refractivity contribution in [1.82, 2.24) is 0 Å². The van der Waals surface area contributed by atoms with Crippen molar-refractivity contribution in [3.05, 3.63) is 34.1 Å². The zero-order valence-corrected chi connectivity index (χ0v) is 9.93. The Bertz CT molecular complexity index is 390. The van der Waals surface area contributed by atoms with Crippen molar-refractivity contribution < 1.29 is 4.39 Å². The molecule has 0 amide bonds. The second-order valence-electron chi connectivity index (χ2n) is 2.44. The first kappa shape index (κ1) is 13.9. The number of benzene rings is 1. The zero-order chi connectivity index (χ0) is 10.6. The Morgan fingerprint density at radius 1 is 1.40 bits per heavy atom. The Balaban J connectivity index is 0.00000196. The number of nitrogens with two attached hydrogens (primary N) is 2. The molecule has 1 aromatic rings. The Kier molecular flexibility index (Phi) is 5.88. The maximum Gasteiger partial charge on any atom is 0.211 e. The maximum absolute atomic E-state index is 12.8. The summed E-state index contributed by atoms with van der Waals surface area (Å²) in [7, 11) is 0. The highest BCUT2D eigenvalue weighted by atomic mass is 79.9. The molecule has 0 aliphatic rings. The molecule has 0 spiro atoms. The minimum atomic E-state index is -0.330. The smallest absolute Gasteiger partial charge is 0.211 e. The average Bonchev–Trinajstić information content (AvgIpc) is 2.10. The van der Waals surface area contributed by atoms with Gasteiger partial charge in [-0.25, -0.2) is 4.39 Å². The molecule has 0 atom stereocenters. The first-order chi connectivity index (χ1) is 6.59. The molecule has 82 valence electrons. The number of rotatable bonds is 2. The summed E-state index contributed by atoms with van der Waals surface area (Å²) in [6.45, 7) is 0. The van der Waals surface area contributed by atoms with Crippen molar-refractivity contribution in [2.45, 2.75) is 0 Å². The highest BCUT2D eigenvalue weighted by Crippen LogP contribution is 2.15. The molecule has 4 N–H and O–H groups in total. The molecule has 1 rings (SSSR count). The Hall–Kier alpha value is -1.14. The van der Waals surface area contributed by atoms with E-state index in [9.17, 15) is 4.39 Å². The molecule has 7 heteroatoms. The average molecular weight is 296 g/mol. The zero-order valence-electron chi connectivity index (χ0n) is 7.52. The lowest BCUT2D eigenvalue weighted by Crippen LogP contribution is -2.21. The second kappa shape index (κ2) is 6.36. The first-order valence-corrected chi connectivity index (χ1v) is 4.46. The lowest BCUT2D eigenvalue weighted by atomic mass is 10.2. The first-order valence-electron chi connectivity index (χ1n) is 3.66. The Morgan fingerprint density at radius 3 is 2.60 bits per heavy atom. The van der Waals surface area contributed by atoms with E-state index in [0.717, 1.165) is 0 Å². The number of guanidine groups is 1. The van der Waals surface area contributed by atoms with Crippen LogP contribution in [0.2, 0.25) is 0 Å². The molecule has 0 heterocycles. The van der Waals surface area contributed by atoms with E-state index < -0.39 is 0 Å². The number of halogens is 3. The van der Waals surface area contributed by atoms with Gasteiger partial charge in [-0.1, -0.05) is 6.07 Å². The van der Waals surface area contributed by atoms with Crippen molar-refractivity contribution >= 4 is 40.5 Å². The standard InChI is InChI=1S/C8H8BrFN4.ClH/c9-6-3-5(1-2-7(6)10)4-13-14-8(11)12;/h1-4H,(H4,11,12,14);1H. The molecule has 0 radical (unpaired) electrons. The number of hydrogen-bond donors (Lipinski definition) is 2. The summed E-state index contributed by atoms with van der Waals surface area (Å²) in [5.74, 6) is -0.452. The van der Waals surface area contributed by atoms with Crippen LogP contribution >= 0.6 is 28.3 Å². The molecule has 4 nitrogen and oxygen atoms in total. The second-order valence-corrected chi connectivity index (χ2v) is 3.30. The van der Waals surface area contributed by atoms with E-state index in [-0.39, 0.29) is 24.2 Å². The third kappa shape index (κ3) is 4.75. The monoisotopic (exact) mass is 294 g/mol. The summed E-state index contributed by atoms with van der Waals surface area (Å²) in [5, 5.41) is 6.99. The summed E-state index contributed by atoms with van der Waals surface area (Å²) in [4.78, 5) is 0. The fraction of sp³-hybridized carbons (Fsp3) is 0. The van der Waals surface area contributed by atoms with E-state index in [0.29, 0.717) is 10.0 Å². The SMILES string of the molecule is Cl.NC(N)=NN=Cc1ccc(F)c(Br)c1. The Morgan fingerprint density at radius 2 is 2.07 bits per heavy atom. The topological polar surface area (TPSA) is 76.8 Å². The van der Waals surface area contributed by atoms with Crippen LogP contribution in [-0.2, 0) is 0 Å². The Labute approximate surface area is 101 Å². The van der Waals surface area contributed by atoms with Crippen LogP contribution in [0.15, 0.2) is 32.9 Å². The molecule has 0 bridgehead atoms. The summed E-state index contributed by atoms with van der Waals surface area (Å²) < 4.78 is 13.2. The predicted octanol–water partition coefficient (Wildman–Crippen LogP) is 1.62. The molecule has 0 saturated heterocycles. The van der Waals surface area contributed by atoms with Gasteiger partial charge in [-0.05, 0) is 33.6 Å². The van der Waals surface area contributed by atoms with Gasteiger partial charge in [0.05, 0.1) is 10.7 Å². The van der Waals surface area contributed by atoms with E-state index in [2.05, 4.69) is 26.1 Å². The minimum Gasteiger partial charge on any atom is -0.369 e. The van der Waals surface area contributed by atoms with Crippen LogP contribution in [0.1, 0.15) is 5.56 Å². The van der Waals surface area contributed by atoms with Gasteiger partial charge >= 0.3 is 0 Å². The van der Waals surface area contributed by atoms with Gasteiger partial charge in [-0.2, -0.15) is 5.10 Å². The van der Waals surface area contributed by atoms with Crippen LogP contribution in [0.3, 0.4) is 0 Å². The molecule has 15 heavy (non-hydrogen) atoms. The van der Waals surface area contributed by atoms with Gasteiger partial charge in [0.15, 0.2) is 0 Å². The van der Waals surface area contributed by atoms with E-state index in [1.54, 1.807) is 12.1 Å². The van der Waals surface area contributed by atoms with Gasteiger partial charge in [0.2, 0.25) is 5.96 Å². The molecule has 0 unspecified atom stereocenters. The molecular formula is C8H9BrClFN4. The van der Waals surface area contributed by atoms with Crippen LogP contribution in [0.4, 0.5) is 4.39 Å². The van der Waals surface area contributed by atoms with Gasteiger partial charge in [0.25, 0.3) is 0 Å². The van der Waals surface area contributed by atoms with Crippen LogP contribution in [-0.4, -0.2) is 12.2 Å². The van der Waals surface area contributed by atoms with Gasteiger partial charge < -0.3 is 11.5 Å². The van der Waals surface area contributed by atoms with Crippen molar-refractivity contribution in [3.8, 4) is 0 Å². The van der Waals surface area contributed by atoms with Crippen LogP contribution < -0.4 is 11.5 Å². The van der Waals surface area contributed by atoms with Crippen LogP contribution in [0.5, 0.6) is 0 Å². The largest absolute Gasteiger partial charge is 0.369 e. The molecular weight excluding hydrogens is 286 g/mol. The van der Waals surface area contributed by atoms with Crippen molar-refractivity contribution in [3.63, 3.8) is 0 Å².